The van der Waals surface area contributed by atoms with Gasteiger partial charge in [0, 0.05) is 0 Å². The van der Waals surface area contributed by atoms with Gasteiger partial charge in [0.05, 0.1) is 17.9 Å². The van der Waals surface area contributed by atoms with Crippen molar-refractivity contribution in [3.8, 4) is 11.5 Å². The summed E-state index contributed by atoms with van der Waals surface area (Å²) in [5.74, 6) is 0.600. The number of anilines is 2. The van der Waals surface area contributed by atoms with Crippen LogP contribution in [-0.4, -0.2) is 25.7 Å². The van der Waals surface area contributed by atoms with Crippen LogP contribution in [0, 0.1) is 5.82 Å². The summed E-state index contributed by atoms with van der Waals surface area (Å²) < 4.78 is 24.9. The second-order valence-electron chi connectivity index (χ2n) is 5.89. The highest BCUT2D eigenvalue weighted by atomic mass is 19.1. The molecule has 0 fully saturated rings. The number of amides is 1. The number of para-hydroxylation sites is 4. The molecule has 0 aliphatic carbocycles. The average molecular weight is 380 g/mol. The van der Waals surface area contributed by atoms with Gasteiger partial charge in [0.1, 0.15) is 30.5 Å². The third-order valence-electron chi connectivity index (χ3n) is 3.83. The molecule has 5 nitrogen and oxygen atoms in total. The molecule has 2 N–H and O–H groups in total. The maximum absolute atomic E-state index is 13.6. The van der Waals surface area contributed by atoms with Crippen LogP contribution in [0.15, 0.2) is 78.9 Å². The first-order chi connectivity index (χ1) is 13.7. The topological polar surface area (TPSA) is 59.6 Å². The Hall–Kier alpha value is -3.54. The molecule has 6 heteroatoms. The molecule has 1 amide bonds. The van der Waals surface area contributed by atoms with Crippen molar-refractivity contribution in [2.45, 2.75) is 0 Å². The molecule has 3 aromatic carbocycles. The summed E-state index contributed by atoms with van der Waals surface area (Å²) in [5.41, 5.74) is 0.822. The molecule has 0 aliphatic rings. The summed E-state index contributed by atoms with van der Waals surface area (Å²) in [7, 11) is 0. The molecule has 0 unspecified atom stereocenters. The van der Waals surface area contributed by atoms with Gasteiger partial charge in [-0.05, 0) is 36.4 Å². The fraction of sp³-hybridized carbons (Fsp3) is 0.136. The Labute approximate surface area is 163 Å². The van der Waals surface area contributed by atoms with E-state index in [1.807, 2.05) is 36.4 Å². The summed E-state index contributed by atoms with van der Waals surface area (Å²) in [6.07, 6.45) is 0. The van der Waals surface area contributed by atoms with Gasteiger partial charge in [0.2, 0.25) is 5.91 Å². The number of rotatable bonds is 9. The van der Waals surface area contributed by atoms with Gasteiger partial charge in [0.25, 0.3) is 0 Å². The van der Waals surface area contributed by atoms with Crippen LogP contribution in [0.2, 0.25) is 0 Å². The molecular weight excluding hydrogens is 359 g/mol. The predicted molar refractivity (Wildman–Crippen MR) is 107 cm³/mol. The predicted octanol–water partition coefficient (Wildman–Crippen LogP) is 4.33. The number of ether oxygens (including phenoxy) is 2. The second kappa shape index (κ2) is 9.97. The molecule has 3 aromatic rings. The van der Waals surface area contributed by atoms with E-state index in [0.29, 0.717) is 24.7 Å². The maximum atomic E-state index is 13.6. The van der Waals surface area contributed by atoms with Gasteiger partial charge in [-0.25, -0.2) is 4.39 Å². The molecule has 0 heterocycles. The highest BCUT2D eigenvalue weighted by Crippen LogP contribution is 2.23. The molecule has 0 bridgehead atoms. The van der Waals surface area contributed by atoms with E-state index in [1.165, 1.54) is 6.07 Å². The van der Waals surface area contributed by atoms with Crippen LogP contribution in [0.3, 0.4) is 0 Å². The lowest BCUT2D eigenvalue weighted by atomic mass is 10.3. The molecule has 3 rings (SSSR count). The van der Waals surface area contributed by atoms with E-state index in [4.69, 9.17) is 9.47 Å². The minimum absolute atomic E-state index is 0.0631. The number of hydrogen-bond acceptors (Lipinski definition) is 4. The Kier molecular flexibility index (Phi) is 6.84. The molecule has 144 valence electrons. The highest BCUT2D eigenvalue weighted by molar-refractivity contribution is 5.95. The van der Waals surface area contributed by atoms with Crippen molar-refractivity contribution in [2.24, 2.45) is 0 Å². The largest absolute Gasteiger partial charge is 0.490 e. The third-order valence-corrected chi connectivity index (χ3v) is 3.83. The van der Waals surface area contributed by atoms with Gasteiger partial charge >= 0.3 is 0 Å². The second-order valence-corrected chi connectivity index (χ2v) is 5.89. The van der Waals surface area contributed by atoms with Crippen molar-refractivity contribution in [3.05, 3.63) is 84.7 Å². The molecule has 0 radical (unpaired) electrons. The lowest BCUT2D eigenvalue weighted by molar-refractivity contribution is -0.114. The molecule has 0 aliphatic heterocycles. The fourth-order valence-corrected chi connectivity index (χ4v) is 2.50. The van der Waals surface area contributed by atoms with Crippen LogP contribution in [0.5, 0.6) is 11.5 Å². The zero-order chi connectivity index (χ0) is 19.6. The number of benzene rings is 3. The van der Waals surface area contributed by atoms with Gasteiger partial charge in [-0.2, -0.15) is 0 Å². The van der Waals surface area contributed by atoms with Gasteiger partial charge in [-0.3, -0.25) is 4.79 Å². The van der Waals surface area contributed by atoms with Crippen LogP contribution < -0.4 is 20.1 Å². The molecule has 0 saturated heterocycles. The zero-order valence-electron chi connectivity index (χ0n) is 15.2. The number of halogens is 1. The van der Waals surface area contributed by atoms with Crippen molar-refractivity contribution >= 4 is 17.3 Å². The van der Waals surface area contributed by atoms with Crippen molar-refractivity contribution in [3.63, 3.8) is 0 Å². The van der Waals surface area contributed by atoms with Crippen LogP contribution in [-0.2, 0) is 4.79 Å². The van der Waals surface area contributed by atoms with E-state index in [-0.39, 0.29) is 18.1 Å². The Morgan fingerprint density at radius 2 is 1.43 bits per heavy atom. The minimum atomic E-state index is -0.405. The lowest BCUT2D eigenvalue weighted by Gasteiger charge is -2.13. The first-order valence-electron chi connectivity index (χ1n) is 8.90. The monoisotopic (exact) mass is 380 g/mol. The van der Waals surface area contributed by atoms with E-state index in [1.54, 1.807) is 36.4 Å². The first-order valence-corrected chi connectivity index (χ1v) is 8.90. The highest BCUT2D eigenvalue weighted by Gasteiger charge is 2.09. The van der Waals surface area contributed by atoms with E-state index in [0.717, 1.165) is 5.75 Å². The molecule has 28 heavy (non-hydrogen) atoms. The molecule has 0 atom stereocenters. The van der Waals surface area contributed by atoms with E-state index < -0.39 is 5.82 Å². The molecule has 0 saturated carbocycles. The summed E-state index contributed by atoms with van der Waals surface area (Å²) in [6.45, 7) is 0.642. The standard InChI is InChI=1S/C22H21FN2O3/c23-18-10-4-5-11-19(18)24-16-22(26)25-20-12-6-7-13-21(20)28-15-14-27-17-8-2-1-3-9-17/h1-13,24H,14-16H2,(H,25,26). The van der Waals surface area contributed by atoms with Crippen LogP contribution >= 0.6 is 0 Å². The van der Waals surface area contributed by atoms with Crippen LogP contribution in [0.4, 0.5) is 15.8 Å². The molecular formula is C22H21FN2O3. The number of nitrogens with one attached hydrogen (secondary N) is 2. The van der Waals surface area contributed by atoms with E-state index >= 15 is 0 Å². The Bertz CT molecular complexity index is 903. The van der Waals surface area contributed by atoms with Gasteiger partial charge in [-0.15, -0.1) is 0 Å². The molecule has 0 aromatic heterocycles. The molecule has 0 spiro atoms. The smallest absolute Gasteiger partial charge is 0.243 e. The average Bonchev–Trinajstić information content (AvgIpc) is 2.72. The third kappa shape index (κ3) is 5.74. The first kappa shape index (κ1) is 19.2. The summed E-state index contributed by atoms with van der Waals surface area (Å²) >= 11 is 0. The van der Waals surface area contributed by atoms with Crippen molar-refractivity contribution in [2.75, 3.05) is 30.4 Å². The fourth-order valence-electron chi connectivity index (χ4n) is 2.50. The maximum Gasteiger partial charge on any atom is 0.243 e. The zero-order valence-corrected chi connectivity index (χ0v) is 15.2. The minimum Gasteiger partial charge on any atom is -0.490 e. The summed E-state index contributed by atoms with van der Waals surface area (Å²) in [6, 6.07) is 22.8. The van der Waals surface area contributed by atoms with Crippen molar-refractivity contribution in [1.29, 1.82) is 0 Å². The Balaban J connectivity index is 1.49. The van der Waals surface area contributed by atoms with Crippen LogP contribution in [0.25, 0.3) is 0 Å². The lowest BCUT2D eigenvalue weighted by Crippen LogP contribution is -2.22. The van der Waals surface area contributed by atoms with Gasteiger partial charge in [-0.1, -0.05) is 42.5 Å². The summed E-state index contributed by atoms with van der Waals surface area (Å²) in [4.78, 5) is 12.2. The Morgan fingerprint density at radius 3 is 2.21 bits per heavy atom. The SMILES string of the molecule is O=C(CNc1ccccc1F)Nc1ccccc1OCCOc1ccccc1. The number of carbonyl (C=O) groups excluding carboxylic acids is 1. The van der Waals surface area contributed by atoms with Crippen molar-refractivity contribution in [1.82, 2.24) is 0 Å². The van der Waals surface area contributed by atoms with Crippen molar-refractivity contribution < 1.29 is 18.7 Å². The summed E-state index contributed by atoms with van der Waals surface area (Å²) in [5, 5.41) is 5.54. The van der Waals surface area contributed by atoms with Crippen LogP contribution in [0.1, 0.15) is 0 Å². The normalized spacial score (nSPS) is 10.2. The van der Waals surface area contributed by atoms with E-state index in [2.05, 4.69) is 10.6 Å². The van der Waals surface area contributed by atoms with Gasteiger partial charge < -0.3 is 20.1 Å². The number of carbonyl (C=O) groups is 1. The quantitative estimate of drug-likeness (QED) is 0.543. The Morgan fingerprint density at radius 1 is 0.786 bits per heavy atom. The number of hydrogen-bond donors (Lipinski definition) is 2. The van der Waals surface area contributed by atoms with E-state index in [9.17, 15) is 9.18 Å². The van der Waals surface area contributed by atoms with Gasteiger partial charge in [0.15, 0.2) is 0 Å².